The van der Waals surface area contributed by atoms with Crippen LogP contribution in [0.1, 0.15) is 19.3 Å². The predicted octanol–water partition coefficient (Wildman–Crippen LogP) is 0.723. The number of carbonyl (C=O) groups excluding carboxylic acids is 1. The van der Waals surface area contributed by atoms with Crippen molar-refractivity contribution in [2.24, 2.45) is 5.92 Å². The molecule has 2 saturated heterocycles. The molecule has 0 bridgehead atoms. The van der Waals surface area contributed by atoms with Gasteiger partial charge in [0.1, 0.15) is 0 Å². The molecule has 0 saturated carbocycles. The molecule has 1 N–H and O–H groups in total. The Morgan fingerprint density at radius 1 is 1.43 bits per heavy atom. The van der Waals surface area contributed by atoms with Crippen LogP contribution in [0.2, 0.25) is 0 Å². The van der Waals surface area contributed by atoms with Crippen LogP contribution in [-0.4, -0.2) is 46.6 Å². The van der Waals surface area contributed by atoms with Crippen LogP contribution in [0, 0.1) is 5.92 Å². The fraction of sp³-hybridized carbons (Fsp3) is 0.900. The largest absolute Gasteiger partial charge is 0.396 e. The van der Waals surface area contributed by atoms with Crippen LogP contribution >= 0.6 is 11.8 Å². The van der Waals surface area contributed by atoms with E-state index >= 15 is 0 Å². The van der Waals surface area contributed by atoms with Gasteiger partial charge < -0.3 is 10.0 Å². The van der Waals surface area contributed by atoms with E-state index in [1.807, 2.05) is 16.7 Å². The van der Waals surface area contributed by atoms with Crippen molar-refractivity contribution in [1.82, 2.24) is 4.90 Å². The molecule has 2 aliphatic rings. The van der Waals surface area contributed by atoms with E-state index in [1.54, 1.807) is 0 Å². The Bertz CT molecular complexity index is 216. The molecule has 1 unspecified atom stereocenters. The van der Waals surface area contributed by atoms with Gasteiger partial charge in [-0.25, -0.2) is 0 Å². The van der Waals surface area contributed by atoms with Crippen molar-refractivity contribution in [3.05, 3.63) is 0 Å². The van der Waals surface area contributed by atoms with Gasteiger partial charge in [0.05, 0.1) is 0 Å². The number of carbonyl (C=O) groups is 1. The molecule has 4 heteroatoms. The van der Waals surface area contributed by atoms with E-state index in [1.165, 1.54) is 11.5 Å². The summed E-state index contributed by atoms with van der Waals surface area (Å²) in [6.45, 7) is 0.939. The van der Waals surface area contributed by atoms with Crippen molar-refractivity contribution in [1.29, 1.82) is 0 Å². The molecule has 2 rings (SSSR count). The summed E-state index contributed by atoms with van der Waals surface area (Å²) < 4.78 is 0. The van der Waals surface area contributed by atoms with Gasteiger partial charge in [-0.05, 0) is 24.3 Å². The molecule has 3 nitrogen and oxygen atoms in total. The molecule has 2 fully saturated rings. The first kappa shape index (κ1) is 10.3. The van der Waals surface area contributed by atoms with Gasteiger partial charge in [-0.2, -0.15) is 11.8 Å². The maximum absolute atomic E-state index is 11.7. The van der Waals surface area contributed by atoms with Crippen LogP contribution in [0.15, 0.2) is 0 Å². The lowest BCUT2D eigenvalue weighted by Gasteiger charge is -2.31. The Labute approximate surface area is 88.9 Å². The number of likely N-dealkylation sites (tertiary alicyclic amines) is 1. The normalized spacial score (nSPS) is 29.9. The summed E-state index contributed by atoms with van der Waals surface area (Å²) in [6, 6.07) is 0.459. The molecular formula is C10H17NO2S. The van der Waals surface area contributed by atoms with Crippen molar-refractivity contribution < 1.29 is 9.90 Å². The lowest BCUT2D eigenvalue weighted by molar-refractivity contribution is -0.129. The van der Waals surface area contributed by atoms with Crippen LogP contribution in [0.4, 0.5) is 0 Å². The lowest BCUT2D eigenvalue weighted by Crippen LogP contribution is -2.39. The van der Waals surface area contributed by atoms with E-state index in [4.69, 9.17) is 5.11 Å². The fourth-order valence-electron chi connectivity index (χ4n) is 2.28. The zero-order valence-electron chi connectivity index (χ0n) is 8.32. The van der Waals surface area contributed by atoms with E-state index in [0.717, 1.165) is 19.4 Å². The van der Waals surface area contributed by atoms with Gasteiger partial charge in [0.2, 0.25) is 5.91 Å². The van der Waals surface area contributed by atoms with Gasteiger partial charge in [0, 0.05) is 31.5 Å². The van der Waals surface area contributed by atoms with Crippen LogP contribution in [-0.2, 0) is 4.79 Å². The van der Waals surface area contributed by atoms with Gasteiger partial charge in [0.25, 0.3) is 0 Å². The Morgan fingerprint density at radius 3 is 2.71 bits per heavy atom. The minimum atomic E-state index is 0.156. The molecule has 2 heterocycles. The van der Waals surface area contributed by atoms with E-state index in [-0.39, 0.29) is 18.4 Å². The molecule has 1 amide bonds. The molecule has 0 aliphatic carbocycles. The summed E-state index contributed by atoms with van der Waals surface area (Å²) in [6.07, 6.45) is 2.82. The number of nitrogens with zero attached hydrogens (tertiary/aromatic N) is 1. The molecule has 2 aliphatic heterocycles. The van der Waals surface area contributed by atoms with Crippen molar-refractivity contribution in [3.63, 3.8) is 0 Å². The molecule has 1 atom stereocenters. The molecule has 80 valence electrons. The number of hydrogen-bond acceptors (Lipinski definition) is 3. The lowest BCUT2D eigenvalue weighted by atomic mass is 10.1. The van der Waals surface area contributed by atoms with Crippen molar-refractivity contribution in [3.8, 4) is 0 Å². The zero-order chi connectivity index (χ0) is 9.97. The molecule has 0 spiro atoms. The van der Waals surface area contributed by atoms with E-state index in [0.29, 0.717) is 12.5 Å². The van der Waals surface area contributed by atoms with Crippen molar-refractivity contribution in [2.75, 3.05) is 24.7 Å². The summed E-state index contributed by atoms with van der Waals surface area (Å²) in [5.74, 6) is 2.80. The zero-order valence-corrected chi connectivity index (χ0v) is 9.13. The third kappa shape index (κ3) is 2.06. The number of amides is 1. The highest BCUT2D eigenvalue weighted by molar-refractivity contribution is 7.99. The minimum Gasteiger partial charge on any atom is -0.396 e. The van der Waals surface area contributed by atoms with E-state index in [2.05, 4.69) is 0 Å². The number of aliphatic hydroxyl groups is 1. The van der Waals surface area contributed by atoms with Gasteiger partial charge in [0.15, 0.2) is 0 Å². The van der Waals surface area contributed by atoms with E-state index in [9.17, 15) is 4.79 Å². The van der Waals surface area contributed by atoms with Gasteiger partial charge >= 0.3 is 0 Å². The molecular weight excluding hydrogens is 198 g/mol. The van der Waals surface area contributed by atoms with Gasteiger partial charge in [-0.1, -0.05) is 0 Å². The second-order valence-electron chi connectivity index (χ2n) is 4.14. The molecule has 0 aromatic heterocycles. The highest BCUT2D eigenvalue weighted by Gasteiger charge is 2.34. The Morgan fingerprint density at radius 2 is 2.14 bits per heavy atom. The Balaban J connectivity index is 1.93. The quantitative estimate of drug-likeness (QED) is 0.738. The second kappa shape index (κ2) is 4.53. The average Bonchev–Trinajstić information content (AvgIpc) is 2.61. The minimum absolute atomic E-state index is 0.156. The Hall–Kier alpha value is -0.220. The van der Waals surface area contributed by atoms with Crippen molar-refractivity contribution in [2.45, 2.75) is 25.3 Å². The summed E-state index contributed by atoms with van der Waals surface area (Å²) in [5, 5.41) is 9.02. The standard InChI is InChI=1S/C10H17NO2S/c12-7-8-5-10(13)11(6-8)9-1-3-14-4-2-9/h8-9,12H,1-7H2. The maximum Gasteiger partial charge on any atom is 0.223 e. The van der Waals surface area contributed by atoms with Crippen LogP contribution in [0.5, 0.6) is 0 Å². The number of hydrogen-bond donors (Lipinski definition) is 1. The molecule has 0 radical (unpaired) electrons. The van der Waals surface area contributed by atoms with Crippen LogP contribution in [0.3, 0.4) is 0 Å². The Kier molecular flexibility index (Phi) is 3.34. The SMILES string of the molecule is O=C1CC(CO)CN1C1CCSCC1. The topological polar surface area (TPSA) is 40.5 Å². The van der Waals surface area contributed by atoms with Crippen LogP contribution in [0.25, 0.3) is 0 Å². The fourth-order valence-corrected chi connectivity index (χ4v) is 3.36. The molecule has 14 heavy (non-hydrogen) atoms. The highest BCUT2D eigenvalue weighted by Crippen LogP contribution is 2.27. The predicted molar refractivity (Wildman–Crippen MR) is 57.3 cm³/mol. The second-order valence-corrected chi connectivity index (χ2v) is 5.37. The third-order valence-electron chi connectivity index (χ3n) is 3.13. The maximum atomic E-state index is 11.7. The first-order valence-corrected chi connectivity index (χ1v) is 6.45. The average molecular weight is 215 g/mol. The highest BCUT2D eigenvalue weighted by atomic mass is 32.2. The first-order chi connectivity index (χ1) is 6.81. The number of rotatable bonds is 2. The monoisotopic (exact) mass is 215 g/mol. The van der Waals surface area contributed by atoms with Crippen molar-refractivity contribution >= 4 is 17.7 Å². The summed E-state index contributed by atoms with van der Waals surface area (Å²) >= 11 is 1.98. The summed E-state index contributed by atoms with van der Waals surface area (Å²) in [7, 11) is 0. The summed E-state index contributed by atoms with van der Waals surface area (Å²) in [4.78, 5) is 13.7. The van der Waals surface area contributed by atoms with Gasteiger partial charge in [-0.3, -0.25) is 4.79 Å². The third-order valence-corrected chi connectivity index (χ3v) is 4.18. The smallest absolute Gasteiger partial charge is 0.223 e. The first-order valence-electron chi connectivity index (χ1n) is 5.29. The number of aliphatic hydroxyl groups excluding tert-OH is 1. The number of thioether (sulfide) groups is 1. The van der Waals surface area contributed by atoms with E-state index < -0.39 is 0 Å². The summed E-state index contributed by atoms with van der Waals surface area (Å²) in [5.41, 5.74) is 0. The van der Waals surface area contributed by atoms with Gasteiger partial charge in [-0.15, -0.1) is 0 Å². The van der Waals surface area contributed by atoms with Crippen LogP contribution < -0.4 is 0 Å². The molecule has 0 aromatic carbocycles. The molecule has 0 aromatic rings.